The van der Waals surface area contributed by atoms with E-state index in [0.717, 1.165) is 17.7 Å². The fraction of sp³-hybridized carbons (Fsp3) is 0.231. The van der Waals surface area contributed by atoms with E-state index in [-0.39, 0.29) is 30.3 Å². The average Bonchev–Trinajstić information content (AvgIpc) is 2.82. The Labute approximate surface area is 187 Å². The van der Waals surface area contributed by atoms with Crippen molar-refractivity contribution in [3.63, 3.8) is 0 Å². The second kappa shape index (κ2) is 9.64. The Bertz CT molecular complexity index is 1090. The summed E-state index contributed by atoms with van der Waals surface area (Å²) in [5.41, 5.74) is 2.79. The van der Waals surface area contributed by atoms with E-state index >= 15 is 0 Å². The van der Waals surface area contributed by atoms with Crippen LogP contribution in [-0.4, -0.2) is 29.9 Å². The first kappa shape index (κ1) is 21.6. The van der Waals surface area contributed by atoms with Crippen molar-refractivity contribution in [2.24, 2.45) is 0 Å². The molecule has 3 aromatic carbocycles. The first-order chi connectivity index (χ1) is 15.5. The van der Waals surface area contributed by atoms with Crippen LogP contribution in [-0.2, 0) is 6.54 Å². The molecule has 164 valence electrons. The predicted molar refractivity (Wildman–Crippen MR) is 123 cm³/mol. The molecule has 1 saturated heterocycles. The summed E-state index contributed by atoms with van der Waals surface area (Å²) in [6.07, 6.45) is 0.789. The molecule has 5 nitrogen and oxygen atoms in total. The molecule has 1 heterocycles. The van der Waals surface area contributed by atoms with Crippen molar-refractivity contribution < 1.29 is 14.0 Å². The molecule has 0 aliphatic carbocycles. The Morgan fingerprint density at radius 1 is 0.969 bits per heavy atom. The van der Waals surface area contributed by atoms with Crippen molar-refractivity contribution in [3.05, 3.63) is 101 Å². The third-order valence-electron chi connectivity index (χ3n) is 5.72. The van der Waals surface area contributed by atoms with Gasteiger partial charge in [0.15, 0.2) is 0 Å². The van der Waals surface area contributed by atoms with Gasteiger partial charge in [-0.3, -0.25) is 9.69 Å². The maximum absolute atomic E-state index is 14.0. The van der Waals surface area contributed by atoms with E-state index in [4.69, 9.17) is 0 Å². The Morgan fingerprint density at radius 2 is 1.66 bits per heavy atom. The number of amides is 3. The van der Waals surface area contributed by atoms with Gasteiger partial charge in [0.2, 0.25) is 0 Å². The Morgan fingerprint density at radius 3 is 2.38 bits per heavy atom. The van der Waals surface area contributed by atoms with Crippen LogP contribution in [0.2, 0.25) is 0 Å². The summed E-state index contributed by atoms with van der Waals surface area (Å²) in [6.45, 7) is 3.35. The van der Waals surface area contributed by atoms with Gasteiger partial charge in [0.25, 0.3) is 5.91 Å². The molecule has 1 unspecified atom stereocenters. The number of rotatable bonds is 6. The summed E-state index contributed by atoms with van der Waals surface area (Å²) in [5.74, 6) is -0.475. The van der Waals surface area contributed by atoms with Crippen LogP contribution < -0.4 is 10.2 Å². The highest BCUT2D eigenvalue weighted by Gasteiger charge is 2.27. The summed E-state index contributed by atoms with van der Waals surface area (Å²) >= 11 is 0. The topological polar surface area (TPSA) is 52.7 Å². The second-order valence-corrected chi connectivity index (χ2v) is 7.95. The molecule has 0 bridgehead atoms. The molecule has 3 aromatic rings. The molecule has 3 amide bonds. The zero-order valence-electron chi connectivity index (χ0n) is 18.0. The maximum atomic E-state index is 14.0. The third kappa shape index (κ3) is 4.80. The smallest absolute Gasteiger partial charge is 0.324 e. The van der Waals surface area contributed by atoms with Crippen molar-refractivity contribution in [2.75, 3.05) is 18.0 Å². The Kier molecular flexibility index (Phi) is 6.50. The van der Waals surface area contributed by atoms with Crippen molar-refractivity contribution in [1.82, 2.24) is 10.2 Å². The first-order valence-electron chi connectivity index (χ1n) is 10.8. The number of hydrogen-bond acceptors (Lipinski definition) is 2. The highest BCUT2D eigenvalue weighted by molar-refractivity contribution is 5.96. The van der Waals surface area contributed by atoms with E-state index in [1.54, 1.807) is 52.3 Å². The molecular formula is C26H26FN3O2. The van der Waals surface area contributed by atoms with E-state index in [2.05, 4.69) is 5.32 Å². The first-order valence-corrected chi connectivity index (χ1v) is 10.8. The molecule has 1 N–H and O–H groups in total. The lowest BCUT2D eigenvalue weighted by molar-refractivity contribution is 0.0940. The molecule has 0 spiro atoms. The monoisotopic (exact) mass is 431 g/mol. The molecule has 1 aliphatic rings. The summed E-state index contributed by atoms with van der Waals surface area (Å²) in [6, 6.07) is 23.0. The number of benzene rings is 3. The van der Waals surface area contributed by atoms with Crippen LogP contribution in [0.15, 0.2) is 78.9 Å². The minimum Gasteiger partial charge on any atom is -0.346 e. The number of carbonyl (C=O) groups is 2. The average molecular weight is 432 g/mol. The fourth-order valence-electron chi connectivity index (χ4n) is 3.90. The Hall–Kier alpha value is -3.67. The van der Waals surface area contributed by atoms with Gasteiger partial charge in [-0.2, -0.15) is 0 Å². The number of nitrogens with one attached hydrogen (secondary N) is 1. The lowest BCUT2D eigenvalue weighted by Gasteiger charge is -2.35. The SMILES string of the molecule is CC(NC(=O)c1ccc(N2CCCN(Cc3ccccc3F)C2=O)cc1)c1ccccc1. The molecule has 0 radical (unpaired) electrons. The molecule has 1 aliphatic heterocycles. The van der Waals surface area contributed by atoms with Crippen LogP contribution in [0.1, 0.15) is 40.9 Å². The lowest BCUT2D eigenvalue weighted by Crippen LogP contribution is -2.49. The zero-order valence-corrected chi connectivity index (χ0v) is 18.0. The molecule has 32 heavy (non-hydrogen) atoms. The molecular weight excluding hydrogens is 405 g/mol. The van der Waals surface area contributed by atoms with Gasteiger partial charge in [-0.1, -0.05) is 48.5 Å². The molecule has 1 fully saturated rings. The number of anilines is 1. The standard InChI is InChI=1S/C26H26FN3O2/c1-19(20-8-3-2-4-9-20)28-25(31)21-12-14-23(15-13-21)30-17-7-16-29(26(30)32)18-22-10-5-6-11-24(22)27/h2-6,8-15,19H,7,16-18H2,1H3,(H,28,31). The Balaban J connectivity index is 1.42. The number of hydrogen-bond donors (Lipinski definition) is 1. The molecule has 0 saturated carbocycles. The van der Waals surface area contributed by atoms with Gasteiger partial charge in [0.1, 0.15) is 5.82 Å². The van der Waals surface area contributed by atoms with Crippen LogP contribution in [0.25, 0.3) is 0 Å². The van der Waals surface area contributed by atoms with Crippen LogP contribution in [0.4, 0.5) is 14.9 Å². The van der Waals surface area contributed by atoms with Crippen LogP contribution in [0.3, 0.4) is 0 Å². The number of carbonyl (C=O) groups excluding carboxylic acids is 2. The van der Waals surface area contributed by atoms with Crippen molar-refractivity contribution in [1.29, 1.82) is 0 Å². The number of urea groups is 1. The maximum Gasteiger partial charge on any atom is 0.324 e. The summed E-state index contributed by atoms with van der Waals surface area (Å²) in [4.78, 5) is 29.0. The quantitative estimate of drug-likeness (QED) is 0.587. The van der Waals surface area contributed by atoms with E-state index in [0.29, 0.717) is 24.2 Å². The lowest BCUT2D eigenvalue weighted by atomic mass is 10.1. The van der Waals surface area contributed by atoms with Gasteiger partial charge in [0, 0.05) is 29.9 Å². The largest absolute Gasteiger partial charge is 0.346 e. The van der Waals surface area contributed by atoms with Crippen molar-refractivity contribution >= 4 is 17.6 Å². The van der Waals surface area contributed by atoms with Gasteiger partial charge < -0.3 is 10.2 Å². The molecule has 4 rings (SSSR count). The molecule has 1 atom stereocenters. The van der Waals surface area contributed by atoms with Crippen molar-refractivity contribution in [3.8, 4) is 0 Å². The minimum atomic E-state index is -0.308. The third-order valence-corrected chi connectivity index (χ3v) is 5.72. The highest BCUT2D eigenvalue weighted by Crippen LogP contribution is 2.23. The van der Waals surface area contributed by atoms with Gasteiger partial charge in [-0.15, -0.1) is 0 Å². The van der Waals surface area contributed by atoms with Crippen molar-refractivity contribution in [2.45, 2.75) is 25.9 Å². The number of nitrogens with zero attached hydrogens (tertiary/aromatic N) is 2. The second-order valence-electron chi connectivity index (χ2n) is 7.95. The van der Waals surface area contributed by atoms with Crippen LogP contribution in [0.5, 0.6) is 0 Å². The van der Waals surface area contributed by atoms with Crippen LogP contribution >= 0.6 is 0 Å². The van der Waals surface area contributed by atoms with E-state index in [1.807, 2.05) is 37.3 Å². The summed E-state index contributed by atoms with van der Waals surface area (Å²) in [7, 11) is 0. The zero-order chi connectivity index (χ0) is 22.5. The summed E-state index contributed by atoms with van der Waals surface area (Å²) in [5, 5.41) is 3.00. The molecule has 0 aromatic heterocycles. The van der Waals surface area contributed by atoms with E-state index < -0.39 is 0 Å². The number of halogens is 1. The van der Waals surface area contributed by atoms with E-state index in [1.165, 1.54) is 6.07 Å². The van der Waals surface area contributed by atoms with E-state index in [9.17, 15) is 14.0 Å². The summed E-state index contributed by atoms with van der Waals surface area (Å²) < 4.78 is 14.0. The van der Waals surface area contributed by atoms with Gasteiger partial charge >= 0.3 is 6.03 Å². The molecule has 6 heteroatoms. The van der Waals surface area contributed by atoms with Gasteiger partial charge in [-0.05, 0) is 49.2 Å². The van der Waals surface area contributed by atoms with Crippen LogP contribution in [0, 0.1) is 5.82 Å². The predicted octanol–water partition coefficient (Wildman–Crippen LogP) is 5.15. The normalized spacial score (nSPS) is 14.9. The van der Waals surface area contributed by atoms with Gasteiger partial charge in [-0.25, -0.2) is 9.18 Å². The highest BCUT2D eigenvalue weighted by atomic mass is 19.1. The van der Waals surface area contributed by atoms with Gasteiger partial charge in [0.05, 0.1) is 12.6 Å². The fourth-order valence-corrected chi connectivity index (χ4v) is 3.90. The minimum absolute atomic E-state index is 0.112.